The lowest BCUT2D eigenvalue weighted by atomic mass is 9.99. The van der Waals surface area contributed by atoms with Crippen LogP contribution in [0.2, 0.25) is 0 Å². The first-order valence-electron chi connectivity index (χ1n) is 8.86. The van der Waals surface area contributed by atoms with Crippen molar-refractivity contribution in [3.63, 3.8) is 0 Å². The minimum Gasteiger partial charge on any atom is -0.478 e. The Balaban J connectivity index is 1.71. The van der Waals surface area contributed by atoms with Gasteiger partial charge in [0, 0.05) is 5.56 Å². The lowest BCUT2D eigenvalue weighted by Crippen LogP contribution is -1.95. The van der Waals surface area contributed by atoms with Crippen LogP contribution < -0.4 is 0 Å². The molecule has 4 rings (SSSR count). The van der Waals surface area contributed by atoms with Crippen molar-refractivity contribution in [2.24, 2.45) is 0 Å². The monoisotopic (exact) mass is 357 g/mol. The van der Waals surface area contributed by atoms with Crippen LogP contribution >= 0.6 is 0 Å². The van der Waals surface area contributed by atoms with E-state index in [0.717, 1.165) is 16.6 Å². The minimum atomic E-state index is -0.972. The number of aromatic nitrogens is 1. The molecule has 0 bridgehead atoms. The highest BCUT2D eigenvalue weighted by molar-refractivity contribution is 5.89. The Bertz CT molecular complexity index is 1120. The van der Waals surface area contributed by atoms with Crippen LogP contribution in [0.5, 0.6) is 0 Å². The number of nitrogens with zero attached hydrogens (tertiary/aromatic N) is 1. The summed E-state index contributed by atoms with van der Waals surface area (Å²) in [6.45, 7) is 4.36. The summed E-state index contributed by atoms with van der Waals surface area (Å²) in [6.07, 6.45) is 0. The van der Waals surface area contributed by atoms with Crippen LogP contribution in [0.1, 0.15) is 35.7 Å². The van der Waals surface area contributed by atoms with Crippen molar-refractivity contribution < 1.29 is 14.3 Å². The standard InChI is InChI=1S/C23H19NO3/c1-14(2)15-6-8-16(9-7-15)17-10-11-21-20(13-17)24-22(27-21)18-4-3-5-19(12-18)23(25)26/h3-14H,1-2H3,(H,25,26). The zero-order valence-electron chi connectivity index (χ0n) is 15.1. The first-order chi connectivity index (χ1) is 13.0. The first kappa shape index (κ1) is 17.0. The number of hydrogen-bond donors (Lipinski definition) is 1. The molecule has 1 heterocycles. The zero-order valence-corrected chi connectivity index (χ0v) is 15.1. The number of fused-ring (bicyclic) bond motifs is 1. The van der Waals surface area contributed by atoms with Gasteiger partial charge in [0.2, 0.25) is 5.89 Å². The second-order valence-corrected chi connectivity index (χ2v) is 6.86. The van der Waals surface area contributed by atoms with E-state index in [9.17, 15) is 4.79 Å². The summed E-state index contributed by atoms with van der Waals surface area (Å²) in [6, 6.07) is 21.0. The maximum Gasteiger partial charge on any atom is 0.335 e. The van der Waals surface area contributed by atoms with Crippen LogP contribution in [-0.2, 0) is 0 Å². The van der Waals surface area contributed by atoms with Crippen molar-refractivity contribution in [1.29, 1.82) is 0 Å². The van der Waals surface area contributed by atoms with Gasteiger partial charge in [-0.1, -0.05) is 50.2 Å². The van der Waals surface area contributed by atoms with E-state index >= 15 is 0 Å². The van der Waals surface area contributed by atoms with E-state index in [4.69, 9.17) is 9.52 Å². The van der Waals surface area contributed by atoms with Gasteiger partial charge in [0.1, 0.15) is 5.52 Å². The fraction of sp³-hybridized carbons (Fsp3) is 0.130. The van der Waals surface area contributed by atoms with E-state index < -0.39 is 5.97 Å². The molecule has 0 aliphatic heterocycles. The highest BCUT2D eigenvalue weighted by Gasteiger charge is 2.12. The van der Waals surface area contributed by atoms with Crippen molar-refractivity contribution in [2.75, 3.05) is 0 Å². The van der Waals surface area contributed by atoms with Gasteiger partial charge in [0.25, 0.3) is 0 Å². The number of benzene rings is 3. The molecule has 4 aromatic rings. The SMILES string of the molecule is CC(C)c1ccc(-c2ccc3oc(-c4cccc(C(=O)O)c4)nc3c2)cc1. The lowest BCUT2D eigenvalue weighted by Gasteiger charge is -2.07. The minimum absolute atomic E-state index is 0.209. The molecule has 3 aromatic carbocycles. The predicted molar refractivity (Wildman–Crippen MR) is 106 cm³/mol. The van der Waals surface area contributed by atoms with Gasteiger partial charge in [-0.3, -0.25) is 0 Å². The second-order valence-electron chi connectivity index (χ2n) is 6.86. The van der Waals surface area contributed by atoms with Crippen molar-refractivity contribution in [1.82, 2.24) is 4.98 Å². The van der Waals surface area contributed by atoms with E-state index in [1.54, 1.807) is 24.3 Å². The molecular formula is C23H19NO3. The summed E-state index contributed by atoms with van der Waals surface area (Å²) in [5.41, 5.74) is 5.77. The van der Waals surface area contributed by atoms with Crippen molar-refractivity contribution in [2.45, 2.75) is 19.8 Å². The topological polar surface area (TPSA) is 63.3 Å². The molecule has 0 unspecified atom stereocenters. The molecule has 0 saturated heterocycles. The number of hydrogen-bond acceptors (Lipinski definition) is 3. The third-order valence-corrected chi connectivity index (χ3v) is 4.65. The Morgan fingerprint density at radius 1 is 0.926 bits per heavy atom. The van der Waals surface area contributed by atoms with E-state index in [-0.39, 0.29) is 5.56 Å². The number of carboxylic acid groups (broad SMARTS) is 1. The second kappa shape index (κ2) is 6.72. The van der Waals surface area contributed by atoms with Gasteiger partial charge in [-0.15, -0.1) is 0 Å². The number of carboxylic acids is 1. The highest BCUT2D eigenvalue weighted by atomic mass is 16.4. The van der Waals surface area contributed by atoms with Crippen molar-refractivity contribution in [3.8, 4) is 22.6 Å². The van der Waals surface area contributed by atoms with Crippen molar-refractivity contribution >= 4 is 17.1 Å². The summed E-state index contributed by atoms with van der Waals surface area (Å²) < 4.78 is 5.83. The molecule has 27 heavy (non-hydrogen) atoms. The van der Waals surface area contributed by atoms with Crippen LogP contribution in [0, 0.1) is 0 Å². The highest BCUT2D eigenvalue weighted by Crippen LogP contribution is 2.29. The Morgan fingerprint density at radius 2 is 1.67 bits per heavy atom. The summed E-state index contributed by atoms with van der Waals surface area (Å²) >= 11 is 0. The van der Waals surface area contributed by atoms with Crippen LogP contribution in [-0.4, -0.2) is 16.1 Å². The molecule has 134 valence electrons. The molecule has 4 heteroatoms. The number of carbonyl (C=O) groups is 1. The van der Waals surface area contributed by atoms with Gasteiger partial charge in [0.05, 0.1) is 5.56 Å². The zero-order chi connectivity index (χ0) is 19.0. The summed E-state index contributed by atoms with van der Waals surface area (Å²) in [7, 11) is 0. The van der Waals surface area contributed by atoms with Crippen LogP contribution in [0.25, 0.3) is 33.7 Å². The normalized spacial score (nSPS) is 11.2. The molecule has 1 aromatic heterocycles. The quantitative estimate of drug-likeness (QED) is 0.488. The number of oxazole rings is 1. The van der Waals surface area contributed by atoms with Gasteiger partial charge in [-0.25, -0.2) is 9.78 Å². The van der Waals surface area contributed by atoms with Crippen molar-refractivity contribution in [3.05, 3.63) is 77.9 Å². The van der Waals surface area contributed by atoms with Crippen LogP contribution in [0.4, 0.5) is 0 Å². The van der Waals surface area contributed by atoms with Gasteiger partial charge in [0.15, 0.2) is 5.58 Å². The molecule has 0 atom stereocenters. The van der Waals surface area contributed by atoms with Gasteiger partial charge >= 0.3 is 5.97 Å². The average Bonchev–Trinajstić information content (AvgIpc) is 3.11. The molecule has 0 fully saturated rings. The molecule has 0 radical (unpaired) electrons. The Labute approximate surface area is 157 Å². The molecule has 1 N–H and O–H groups in total. The summed E-state index contributed by atoms with van der Waals surface area (Å²) in [5, 5.41) is 9.16. The lowest BCUT2D eigenvalue weighted by molar-refractivity contribution is 0.0697. The molecular weight excluding hydrogens is 338 g/mol. The molecule has 0 amide bonds. The Hall–Kier alpha value is -3.40. The summed E-state index contributed by atoms with van der Waals surface area (Å²) in [5.74, 6) is -0.0540. The number of rotatable bonds is 4. The average molecular weight is 357 g/mol. The van der Waals surface area contributed by atoms with E-state index in [2.05, 4.69) is 43.1 Å². The molecule has 0 aliphatic carbocycles. The van der Waals surface area contributed by atoms with Crippen LogP contribution in [0.15, 0.2) is 71.1 Å². The Kier molecular flexibility index (Phi) is 4.24. The first-order valence-corrected chi connectivity index (χ1v) is 8.86. The molecule has 0 aliphatic rings. The maximum absolute atomic E-state index is 11.2. The van der Waals surface area contributed by atoms with Gasteiger partial charge in [-0.2, -0.15) is 0 Å². The van der Waals surface area contributed by atoms with Gasteiger partial charge < -0.3 is 9.52 Å². The molecule has 0 spiro atoms. The van der Waals surface area contributed by atoms with E-state index in [0.29, 0.717) is 23.0 Å². The van der Waals surface area contributed by atoms with E-state index in [1.807, 2.05) is 18.2 Å². The largest absolute Gasteiger partial charge is 0.478 e. The molecule has 4 nitrogen and oxygen atoms in total. The fourth-order valence-corrected chi connectivity index (χ4v) is 3.08. The smallest absolute Gasteiger partial charge is 0.335 e. The molecule has 0 saturated carbocycles. The third-order valence-electron chi connectivity index (χ3n) is 4.65. The van der Waals surface area contributed by atoms with E-state index in [1.165, 1.54) is 5.56 Å². The maximum atomic E-state index is 11.2. The predicted octanol–water partition coefficient (Wildman–Crippen LogP) is 5.98. The number of aromatic carboxylic acids is 1. The van der Waals surface area contributed by atoms with Gasteiger partial charge in [-0.05, 0) is 52.9 Å². The summed E-state index contributed by atoms with van der Waals surface area (Å²) in [4.78, 5) is 15.7. The Morgan fingerprint density at radius 3 is 2.37 bits per heavy atom. The third kappa shape index (κ3) is 3.34. The fourth-order valence-electron chi connectivity index (χ4n) is 3.08. The van der Waals surface area contributed by atoms with Crippen LogP contribution in [0.3, 0.4) is 0 Å².